The van der Waals surface area contributed by atoms with Crippen molar-refractivity contribution in [2.45, 2.75) is 59.0 Å². The molecular weight excluding hydrogens is 396 g/mol. The number of ether oxygens (including phenoxy) is 1. The standard InChI is InChI=1S/C24H28N2O3S/c1-15-4-3-5-21(6-15)26(16(2)27)23-25-20(14-30-23)13-29-22(28)24-10-17-7-18(11-24)9-19(8-17)12-24/h3-6,14,17-19H,7-13H2,1-2H3. The van der Waals surface area contributed by atoms with Crippen molar-refractivity contribution in [3.05, 3.63) is 40.9 Å². The fourth-order valence-electron chi connectivity index (χ4n) is 6.31. The Hall–Kier alpha value is -2.21. The summed E-state index contributed by atoms with van der Waals surface area (Å²) in [6.45, 7) is 3.71. The average Bonchev–Trinajstić information content (AvgIpc) is 3.13. The van der Waals surface area contributed by atoms with E-state index in [0.29, 0.717) is 28.6 Å². The summed E-state index contributed by atoms with van der Waals surface area (Å²) in [5, 5.41) is 2.49. The molecule has 5 nitrogen and oxygen atoms in total. The van der Waals surface area contributed by atoms with E-state index in [0.717, 1.165) is 30.5 Å². The number of anilines is 2. The molecule has 0 radical (unpaired) electrons. The van der Waals surface area contributed by atoms with Crippen LogP contribution in [-0.4, -0.2) is 16.9 Å². The van der Waals surface area contributed by atoms with E-state index in [-0.39, 0.29) is 23.9 Å². The molecule has 0 unspecified atom stereocenters. The van der Waals surface area contributed by atoms with Crippen molar-refractivity contribution < 1.29 is 14.3 Å². The average molecular weight is 425 g/mol. The van der Waals surface area contributed by atoms with Crippen LogP contribution >= 0.6 is 11.3 Å². The smallest absolute Gasteiger partial charge is 0.312 e. The van der Waals surface area contributed by atoms with Crippen LogP contribution in [-0.2, 0) is 20.9 Å². The van der Waals surface area contributed by atoms with Gasteiger partial charge in [0.2, 0.25) is 5.91 Å². The Labute approximate surface area is 181 Å². The number of hydrogen-bond acceptors (Lipinski definition) is 5. The van der Waals surface area contributed by atoms with Crippen LogP contribution in [0.5, 0.6) is 0 Å². The first-order valence-electron chi connectivity index (χ1n) is 10.9. The number of aryl methyl sites for hydroxylation is 1. The van der Waals surface area contributed by atoms with Gasteiger partial charge in [0.1, 0.15) is 6.61 Å². The summed E-state index contributed by atoms with van der Waals surface area (Å²) < 4.78 is 5.79. The van der Waals surface area contributed by atoms with Gasteiger partial charge in [0.15, 0.2) is 5.13 Å². The minimum Gasteiger partial charge on any atom is -0.459 e. The van der Waals surface area contributed by atoms with E-state index in [2.05, 4.69) is 4.98 Å². The number of rotatable bonds is 5. The first-order valence-corrected chi connectivity index (χ1v) is 11.8. The number of hydrogen-bond donors (Lipinski definition) is 0. The number of benzene rings is 1. The van der Waals surface area contributed by atoms with Crippen molar-refractivity contribution in [3.8, 4) is 0 Å². The lowest BCUT2D eigenvalue weighted by atomic mass is 9.49. The molecule has 6 rings (SSSR count). The van der Waals surface area contributed by atoms with Crippen LogP contribution in [0.4, 0.5) is 10.8 Å². The van der Waals surface area contributed by atoms with Gasteiger partial charge in [0, 0.05) is 12.3 Å². The summed E-state index contributed by atoms with van der Waals surface area (Å²) in [6.07, 6.45) is 6.94. The molecule has 1 aromatic heterocycles. The van der Waals surface area contributed by atoms with Crippen LogP contribution in [0.15, 0.2) is 29.6 Å². The summed E-state index contributed by atoms with van der Waals surface area (Å²) in [5.74, 6) is 2.03. The maximum absolute atomic E-state index is 13.1. The number of aromatic nitrogens is 1. The molecule has 4 fully saturated rings. The van der Waals surface area contributed by atoms with Crippen molar-refractivity contribution in [1.29, 1.82) is 0 Å². The summed E-state index contributed by atoms with van der Waals surface area (Å²) in [4.78, 5) is 31.6. The van der Waals surface area contributed by atoms with Crippen LogP contribution < -0.4 is 4.90 Å². The molecule has 2 aromatic rings. The van der Waals surface area contributed by atoms with Crippen LogP contribution in [0.25, 0.3) is 0 Å². The molecule has 4 saturated carbocycles. The van der Waals surface area contributed by atoms with Gasteiger partial charge in [0.05, 0.1) is 16.8 Å². The Balaban J connectivity index is 1.28. The van der Waals surface area contributed by atoms with E-state index in [4.69, 9.17) is 4.74 Å². The van der Waals surface area contributed by atoms with E-state index in [1.54, 1.807) is 4.90 Å². The number of esters is 1. The lowest BCUT2D eigenvalue weighted by molar-refractivity contribution is -0.173. The number of carbonyl (C=O) groups excluding carboxylic acids is 2. The Bertz CT molecular complexity index is 947. The van der Waals surface area contributed by atoms with Crippen molar-refractivity contribution in [2.75, 3.05) is 4.90 Å². The summed E-state index contributed by atoms with van der Waals surface area (Å²) in [7, 11) is 0. The van der Waals surface area contributed by atoms with Gasteiger partial charge < -0.3 is 4.74 Å². The van der Waals surface area contributed by atoms with Crippen LogP contribution in [0.3, 0.4) is 0 Å². The first kappa shape index (κ1) is 19.7. The normalized spacial score (nSPS) is 29.1. The van der Waals surface area contributed by atoms with Crippen LogP contribution in [0.1, 0.15) is 56.7 Å². The molecule has 0 aliphatic heterocycles. The molecular formula is C24H28N2O3S. The monoisotopic (exact) mass is 424 g/mol. The Kier molecular flexibility index (Phi) is 4.92. The molecule has 0 saturated heterocycles. The second-order valence-corrected chi connectivity index (χ2v) is 10.4. The minimum absolute atomic E-state index is 0.0294. The summed E-state index contributed by atoms with van der Waals surface area (Å²) >= 11 is 1.40. The summed E-state index contributed by atoms with van der Waals surface area (Å²) in [6, 6.07) is 7.81. The molecule has 1 aromatic carbocycles. The zero-order valence-electron chi connectivity index (χ0n) is 17.6. The van der Waals surface area contributed by atoms with Gasteiger partial charge >= 0.3 is 5.97 Å². The van der Waals surface area contributed by atoms with Crippen molar-refractivity contribution >= 4 is 34.0 Å². The van der Waals surface area contributed by atoms with Gasteiger partial charge in [-0.15, -0.1) is 11.3 Å². The molecule has 30 heavy (non-hydrogen) atoms. The minimum atomic E-state index is -0.249. The molecule has 0 N–H and O–H groups in total. The SMILES string of the molecule is CC(=O)N(c1cccc(C)c1)c1nc(COC(=O)C23CC4CC(CC(C4)C2)C3)cs1. The van der Waals surface area contributed by atoms with E-state index < -0.39 is 0 Å². The lowest BCUT2D eigenvalue weighted by Crippen LogP contribution is -2.50. The number of amides is 1. The molecule has 4 aliphatic rings. The largest absolute Gasteiger partial charge is 0.459 e. The lowest BCUT2D eigenvalue weighted by Gasteiger charge is -2.55. The Morgan fingerprint density at radius 3 is 2.43 bits per heavy atom. The molecule has 158 valence electrons. The van der Waals surface area contributed by atoms with E-state index in [1.807, 2.05) is 36.6 Å². The summed E-state index contributed by atoms with van der Waals surface area (Å²) in [5.41, 5.74) is 2.33. The van der Waals surface area contributed by atoms with Crippen molar-refractivity contribution in [3.63, 3.8) is 0 Å². The van der Waals surface area contributed by atoms with Crippen molar-refractivity contribution in [2.24, 2.45) is 23.2 Å². The second-order valence-electron chi connectivity index (χ2n) is 9.59. The molecule has 0 atom stereocenters. The molecule has 4 aliphatic carbocycles. The van der Waals surface area contributed by atoms with E-state index >= 15 is 0 Å². The fraction of sp³-hybridized carbons (Fsp3) is 0.542. The zero-order valence-corrected chi connectivity index (χ0v) is 18.4. The third kappa shape index (κ3) is 3.55. The number of carbonyl (C=O) groups is 2. The quantitative estimate of drug-likeness (QED) is 0.603. The van der Waals surface area contributed by atoms with Gasteiger partial charge in [-0.1, -0.05) is 12.1 Å². The topological polar surface area (TPSA) is 59.5 Å². The highest BCUT2D eigenvalue weighted by Gasteiger charge is 2.55. The highest BCUT2D eigenvalue weighted by atomic mass is 32.1. The highest BCUT2D eigenvalue weighted by Crippen LogP contribution is 2.60. The molecule has 1 amide bonds. The zero-order chi connectivity index (χ0) is 20.9. The third-order valence-electron chi connectivity index (χ3n) is 7.13. The van der Waals surface area contributed by atoms with Gasteiger partial charge in [-0.05, 0) is 80.9 Å². The van der Waals surface area contributed by atoms with Gasteiger partial charge in [-0.2, -0.15) is 0 Å². The highest BCUT2D eigenvalue weighted by molar-refractivity contribution is 7.14. The Morgan fingerprint density at radius 1 is 1.17 bits per heavy atom. The molecule has 0 spiro atoms. The fourth-order valence-corrected chi connectivity index (χ4v) is 7.18. The third-order valence-corrected chi connectivity index (χ3v) is 8.00. The molecule has 4 bridgehead atoms. The Morgan fingerprint density at radius 2 is 1.83 bits per heavy atom. The van der Waals surface area contributed by atoms with E-state index in [1.165, 1.54) is 37.5 Å². The molecule has 6 heteroatoms. The predicted molar refractivity (Wildman–Crippen MR) is 117 cm³/mol. The molecule has 1 heterocycles. The van der Waals surface area contributed by atoms with E-state index in [9.17, 15) is 9.59 Å². The maximum Gasteiger partial charge on any atom is 0.312 e. The van der Waals surface area contributed by atoms with Crippen molar-refractivity contribution in [1.82, 2.24) is 4.98 Å². The number of thiazole rings is 1. The van der Waals surface area contributed by atoms with Crippen LogP contribution in [0, 0.1) is 30.1 Å². The number of nitrogens with zero attached hydrogens (tertiary/aromatic N) is 2. The van der Waals surface area contributed by atoms with Gasteiger partial charge in [-0.3, -0.25) is 14.5 Å². The second kappa shape index (κ2) is 7.49. The van der Waals surface area contributed by atoms with Gasteiger partial charge in [-0.25, -0.2) is 4.98 Å². The predicted octanol–water partition coefficient (Wildman–Crippen LogP) is 5.40. The van der Waals surface area contributed by atoms with Crippen LogP contribution in [0.2, 0.25) is 0 Å². The first-order chi connectivity index (χ1) is 14.4. The maximum atomic E-state index is 13.1. The van der Waals surface area contributed by atoms with Gasteiger partial charge in [0.25, 0.3) is 0 Å².